The predicted octanol–water partition coefficient (Wildman–Crippen LogP) is 1.75. The van der Waals surface area contributed by atoms with E-state index in [9.17, 15) is 26.8 Å². The zero-order valence-corrected chi connectivity index (χ0v) is 18.3. The maximum atomic E-state index is 14.6. The molecule has 1 unspecified atom stereocenters. The number of rotatable bonds is 6. The van der Waals surface area contributed by atoms with Gasteiger partial charge in [-0.25, -0.2) is 17.2 Å². The molecule has 32 heavy (non-hydrogen) atoms. The fourth-order valence-corrected chi connectivity index (χ4v) is 4.38. The second kappa shape index (κ2) is 9.72. The number of nitrogens with zero attached hydrogens (tertiary/aromatic N) is 1. The van der Waals surface area contributed by atoms with Crippen LogP contribution in [0, 0.1) is 18.6 Å². The molecule has 11 heteroatoms. The van der Waals surface area contributed by atoms with E-state index in [1.807, 2.05) is 10.3 Å². The van der Waals surface area contributed by atoms with Gasteiger partial charge in [-0.3, -0.25) is 15.0 Å². The van der Waals surface area contributed by atoms with Crippen LogP contribution in [0.5, 0.6) is 0 Å². The van der Waals surface area contributed by atoms with Gasteiger partial charge in [0.2, 0.25) is 15.9 Å². The number of carbonyl (C=O) groups is 2. The fourth-order valence-electron chi connectivity index (χ4n) is 3.35. The number of morpholine rings is 1. The highest BCUT2D eigenvalue weighted by Gasteiger charge is 2.27. The third-order valence-electron chi connectivity index (χ3n) is 4.97. The third-order valence-corrected chi connectivity index (χ3v) is 6.19. The molecule has 1 aliphatic rings. The number of hydrogen-bond donors (Lipinski definition) is 2. The average Bonchev–Trinajstić information content (AvgIpc) is 2.73. The maximum absolute atomic E-state index is 14.6. The molecular weight excluding hydrogens is 444 g/mol. The molecule has 3 rings (SSSR count). The number of hydrogen-bond acceptors (Lipinski definition) is 5. The lowest BCUT2D eigenvalue weighted by Gasteiger charge is -2.32. The van der Waals surface area contributed by atoms with Crippen molar-refractivity contribution in [2.75, 3.05) is 25.4 Å². The standard InChI is InChI=1S/C21H23F2N3O5S/c1-13-8-16(15-4-3-5-17(22)9-15)10-19(20(13)23)21(28)24-25-32(29,30)12-18-11-26(14(2)27)6-7-31-18/h3-5,8-10,18,25H,6-7,11-12H2,1-2H3,(H,24,28). The minimum Gasteiger partial charge on any atom is -0.373 e. The summed E-state index contributed by atoms with van der Waals surface area (Å²) in [5.41, 5.74) is 2.57. The molecule has 0 aromatic heterocycles. The molecule has 1 fully saturated rings. The average molecular weight is 467 g/mol. The molecule has 1 atom stereocenters. The Morgan fingerprint density at radius 3 is 2.62 bits per heavy atom. The Morgan fingerprint density at radius 1 is 1.19 bits per heavy atom. The van der Waals surface area contributed by atoms with Crippen molar-refractivity contribution in [2.45, 2.75) is 20.0 Å². The van der Waals surface area contributed by atoms with Gasteiger partial charge in [0.05, 0.1) is 24.0 Å². The van der Waals surface area contributed by atoms with Crippen molar-refractivity contribution in [3.8, 4) is 11.1 Å². The van der Waals surface area contributed by atoms with Gasteiger partial charge in [-0.1, -0.05) is 12.1 Å². The Kier molecular flexibility index (Phi) is 7.22. The number of nitrogens with one attached hydrogen (secondary N) is 2. The lowest BCUT2D eigenvalue weighted by Crippen LogP contribution is -2.50. The molecule has 2 amide bonds. The zero-order valence-electron chi connectivity index (χ0n) is 17.5. The van der Waals surface area contributed by atoms with Crippen LogP contribution < -0.4 is 10.3 Å². The first-order valence-electron chi connectivity index (χ1n) is 9.79. The minimum absolute atomic E-state index is 0.105. The van der Waals surface area contributed by atoms with Gasteiger partial charge < -0.3 is 9.64 Å². The van der Waals surface area contributed by atoms with Gasteiger partial charge in [0.15, 0.2) is 0 Å². The number of halogens is 2. The number of aryl methyl sites for hydroxylation is 1. The summed E-state index contributed by atoms with van der Waals surface area (Å²) >= 11 is 0. The Morgan fingerprint density at radius 2 is 1.94 bits per heavy atom. The highest BCUT2D eigenvalue weighted by atomic mass is 32.2. The summed E-state index contributed by atoms with van der Waals surface area (Å²) in [6.45, 7) is 3.50. The molecule has 172 valence electrons. The van der Waals surface area contributed by atoms with E-state index in [0.717, 1.165) is 0 Å². The number of ether oxygens (including phenoxy) is 1. The summed E-state index contributed by atoms with van der Waals surface area (Å²) in [5, 5.41) is 0. The Labute approximate surface area is 184 Å². The van der Waals surface area contributed by atoms with E-state index < -0.39 is 45.0 Å². The fraction of sp³-hybridized carbons (Fsp3) is 0.333. The number of sulfonamides is 1. The summed E-state index contributed by atoms with van der Waals surface area (Å²) in [7, 11) is -4.04. The van der Waals surface area contributed by atoms with E-state index in [-0.39, 0.29) is 24.6 Å². The molecule has 8 nitrogen and oxygen atoms in total. The van der Waals surface area contributed by atoms with E-state index in [1.165, 1.54) is 49.1 Å². The topological polar surface area (TPSA) is 105 Å². The molecule has 2 aromatic rings. The van der Waals surface area contributed by atoms with Crippen LogP contribution in [-0.2, 0) is 19.6 Å². The Bertz CT molecular complexity index is 1140. The van der Waals surface area contributed by atoms with Crippen molar-refractivity contribution in [3.05, 3.63) is 59.2 Å². The van der Waals surface area contributed by atoms with Gasteiger partial charge >= 0.3 is 0 Å². The van der Waals surface area contributed by atoms with Crippen LogP contribution >= 0.6 is 0 Å². The third kappa shape index (κ3) is 5.87. The van der Waals surface area contributed by atoms with Crippen LogP contribution in [0.3, 0.4) is 0 Å². The SMILES string of the molecule is CC(=O)N1CCOC(CS(=O)(=O)NNC(=O)c2cc(-c3cccc(F)c3)cc(C)c2F)C1. The second-order valence-corrected chi connectivity index (χ2v) is 9.23. The van der Waals surface area contributed by atoms with Gasteiger partial charge in [0.25, 0.3) is 5.91 Å². The smallest absolute Gasteiger partial charge is 0.269 e. The zero-order chi connectivity index (χ0) is 23.5. The van der Waals surface area contributed by atoms with Crippen molar-refractivity contribution in [3.63, 3.8) is 0 Å². The molecule has 0 bridgehead atoms. The van der Waals surface area contributed by atoms with Gasteiger partial charge in [-0.15, -0.1) is 4.83 Å². The number of hydrazine groups is 1. The first kappa shape index (κ1) is 23.8. The van der Waals surface area contributed by atoms with Crippen molar-refractivity contribution in [1.82, 2.24) is 15.2 Å². The van der Waals surface area contributed by atoms with E-state index in [2.05, 4.69) is 0 Å². The number of carbonyl (C=O) groups excluding carboxylic acids is 2. The van der Waals surface area contributed by atoms with Crippen LogP contribution in [0.2, 0.25) is 0 Å². The first-order valence-corrected chi connectivity index (χ1v) is 11.4. The van der Waals surface area contributed by atoms with Crippen LogP contribution in [0.25, 0.3) is 11.1 Å². The van der Waals surface area contributed by atoms with Crippen molar-refractivity contribution < 1.29 is 31.5 Å². The first-order chi connectivity index (χ1) is 15.1. The molecule has 0 spiro atoms. The molecule has 1 aliphatic heterocycles. The molecular formula is C21H23F2N3O5S. The molecule has 2 N–H and O–H groups in total. The highest BCUT2D eigenvalue weighted by molar-refractivity contribution is 7.89. The normalized spacial score (nSPS) is 16.6. The van der Waals surface area contributed by atoms with E-state index in [0.29, 0.717) is 17.7 Å². The maximum Gasteiger partial charge on any atom is 0.269 e. The summed E-state index contributed by atoms with van der Waals surface area (Å²) in [6, 6.07) is 8.27. The van der Waals surface area contributed by atoms with Crippen molar-refractivity contribution in [2.24, 2.45) is 0 Å². The molecule has 0 aliphatic carbocycles. The molecule has 0 saturated carbocycles. The van der Waals surface area contributed by atoms with Crippen LogP contribution in [-0.4, -0.2) is 56.7 Å². The highest BCUT2D eigenvalue weighted by Crippen LogP contribution is 2.25. The van der Waals surface area contributed by atoms with Crippen LogP contribution in [0.4, 0.5) is 8.78 Å². The van der Waals surface area contributed by atoms with Gasteiger partial charge in [-0.2, -0.15) is 0 Å². The van der Waals surface area contributed by atoms with E-state index >= 15 is 0 Å². The summed E-state index contributed by atoms with van der Waals surface area (Å²) in [6.07, 6.45) is -0.766. The molecule has 1 saturated heterocycles. The Hall–Kier alpha value is -2.89. The van der Waals surface area contributed by atoms with Gasteiger partial charge in [0.1, 0.15) is 11.6 Å². The summed E-state index contributed by atoms with van der Waals surface area (Å²) < 4.78 is 58.2. The van der Waals surface area contributed by atoms with Gasteiger partial charge in [-0.05, 0) is 47.9 Å². The lowest BCUT2D eigenvalue weighted by molar-refractivity contribution is -0.135. The lowest BCUT2D eigenvalue weighted by atomic mass is 9.99. The quantitative estimate of drug-likeness (QED) is 0.630. The van der Waals surface area contributed by atoms with Crippen molar-refractivity contribution in [1.29, 1.82) is 0 Å². The largest absolute Gasteiger partial charge is 0.373 e. The molecule has 1 heterocycles. The minimum atomic E-state index is -4.04. The summed E-state index contributed by atoms with van der Waals surface area (Å²) in [5.74, 6) is -3.02. The van der Waals surface area contributed by atoms with Gasteiger partial charge in [0, 0.05) is 20.0 Å². The number of benzene rings is 2. The van der Waals surface area contributed by atoms with E-state index in [4.69, 9.17) is 4.74 Å². The van der Waals surface area contributed by atoms with Crippen LogP contribution in [0.15, 0.2) is 36.4 Å². The second-order valence-electron chi connectivity index (χ2n) is 7.46. The monoisotopic (exact) mass is 467 g/mol. The predicted molar refractivity (Wildman–Crippen MR) is 113 cm³/mol. The molecule has 0 radical (unpaired) electrons. The van der Waals surface area contributed by atoms with Crippen molar-refractivity contribution >= 4 is 21.8 Å². The van der Waals surface area contributed by atoms with Crippen LogP contribution in [0.1, 0.15) is 22.8 Å². The number of amides is 2. The van der Waals surface area contributed by atoms with E-state index in [1.54, 1.807) is 6.07 Å². The Balaban J connectivity index is 1.71. The summed E-state index contributed by atoms with van der Waals surface area (Å²) in [4.78, 5) is 27.4. The molecule has 2 aromatic carbocycles.